The molecule has 0 spiro atoms. The van der Waals surface area contributed by atoms with Gasteiger partial charge < -0.3 is 10.5 Å². The fraction of sp³-hybridized carbons (Fsp3) is 1.00. The highest BCUT2D eigenvalue weighted by molar-refractivity contribution is 4.88. The Morgan fingerprint density at radius 2 is 1.82 bits per heavy atom. The summed E-state index contributed by atoms with van der Waals surface area (Å²) in [4.78, 5) is 2.48. The molecule has 0 amide bonds. The van der Waals surface area contributed by atoms with Crippen LogP contribution in [0.2, 0.25) is 0 Å². The van der Waals surface area contributed by atoms with Crippen LogP contribution in [0.4, 0.5) is 0 Å². The monoisotopic (exact) mass is 156 g/mol. The van der Waals surface area contributed by atoms with E-state index in [9.17, 15) is 0 Å². The molecule has 3 nitrogen and oxygen atoms in total. The van der Waals surface area contributed by atoms with E-state index in [0.29, 0.717) is 6.04 Å². The van der Waals surface area contributed by atoms with Crippen molar-refractivity contribution in [1.82, 2.24) is 4.90 Å². The first-order valence-corrected chi connectivity index (χ1v) is 4.43. The Morgan fingerprint density at radius 3 is 2.36 bits per heavy atom. The molecule has 0 aromatic carbocycles. The van der Waals surface area contributed by atoms with Gasteiger partial charge in [0.15, 0.2) is 0 Å². The van der Waals surface area contributed by atoms with Crippen LogP contribution in [0.15, 0.2) is 0 Å². The number of rotatable bonds is 1. The van der Waals surface area contributed by atoms with Crippen LogP contribution >= 0.6 is 0 Å². The minimum absolute atomic E-state index is 0.442. The second-order valence-corrected chi connectivity index (χ2v) is 3.56. The lowest BCUT2D eigenvalue weighted by Gasteiger charge is -2.44. The maximum atomic E-state index is 5.70. The van der Waals surface area contributed by atoms with Crippen molar-refractivity contribution in [3.63, 3.8) is 0 Å². The SMILES string of the molecule is NC1CN(C2CCOCC2)C1. The largest absolute Gasteiger partial charge is 0.381 e. The van der Waals surface area contributed by atoms with E-state index in [0.717, 1.165) is 32.3 Å². The number of nitrogens with two attached hydrogens (primary N) is 1. The van der Waals surface area contributed by atoms with E-state index in [4.69, 9.17) is 10.5 Å². The third-order valence-electron chi connectivity index (χ3n) is 2.65. The van der Waals surface area contributed by atoms with Crippen LogP contribution in [-0.2, 0) is 4.74 Å². The maximum Gasteiger partial charge on any atom is 0.0480 e. The normalized spacial score (nSPS) is 30.3. The Labute approximate surface area is 67.5 Å². The smallest absolute Gasteiger partial charge is 0.0480 e. The van der Waals surface area contributed by atoms with Crippen molar-refractivity contribution >= 4 is 0 Å². The zero-order chi connectivity index (χ0) is 7.68. The van der Waals surface area contributed by atoms with E-state index in [1.165, 1.54) is 12.8 Å². The Kier molecular flexibility index (Phi) is 2.11. The van der Waals surface area contributed by atoms with Crippen molar-refractivity contribution in [3.05, 3.63) is 0 Å². The Hall–Kier alpha value is -0.120. The molecule has 0 bridgehead atoms. The second-order valence-electron chi connectivity index (χ2n) is 3.56. The van der Waals surface area contributed by atoms with Crippen LogP contribution in [0.25, 0.3) is 0 Å². The van der Waals surface area contributed by atoms with E-state index in [-0.39, 0.29) is 0 Å². The molecule has 2 aliphatic heterocycles. The summed E-state index contributed by atoms with van der Waals surface area (Å²) in [6, 6.07) is 1.21. The van der Waals surface area contributed by atoms with Gasteiger partial charge in [-0.15, -0.1) is 0 Å². The van der Waals surface area contributed by atoms with Crippen LogP contribution in [0.1, 0.15) is 12.8 Å². The number of ether oxygens (including phenoxy) is 1. The fourth-order valence-electron chi connectivity index (χ4n) is 1.90. The average molecular weight is 156 g/mol. The molecule has 2 saturated heterocycles. The van der Waals surface area contributed by atoms with E-state index in [1.807, 2.05) is 0 Å². The van der Waals surface area contributed by atoms with Gasteiger partial charge >= 0.3 is 0 Å². The quantitative estimate of drug-likeness (QED) is 0.572. The first-order valence-electron chi connectivity index (χ1n) is 4.43. The summed E-state index contributed by atoms with van der Waals surface area (Å²) in [6.45, 7) is 4.09. The van der Waals surface area contributed by atoms with Crippen molar-refractivity contribution in [2.45, 2.75) is 24.9 Å². The number of likely N-dealkylation sites (tertiary alicyclic amines) is 1. The summed E-state index contributed by atoms with van der Waals surface area (Å²) < 4.78 is 5.29. The molecule has 2 heterocycles. The zero-order valence-corrected chi connectivity index (χ0v) is 6.83. The standard InChI is InChI=1S/C8H16N2O/c9-7-5-10(6-7)8-1-3-11-4-2-8/h7-8H,1-6,9H2. The average Bonchev–Trinajstić information content (AvgIpc) is 2.01. The third-order valence-corrected chi connectivity index (χ3v) is 2.65. The fourth-order valence-corrected chi connectivity index (χ4v) is 1.90. The summed E-state index contributed by atoms with van der Waals surface area (Å²) in [5.41, 5.74) is 5.70. The predicted molar refractivity (Wildman–Crippen MR) is 43.4 cm³/mol. The Morgan fingerprint density at radius 1 is 1.18 bits per heavy atom. The summed E-state index contributed by atoms with van der Waals surface area (Å²) in [5.74, 6) is 0. The van der Waals surface area contributed by atoms with Gasteiger partial charge in [-0.05, 0) is 12.8 Å². The molecular weight excluding hydrogens is 140 g/mol. The number of hydrogen-bond donors (Lipinski definition) is 1. The van der Waals surface area contributed by atoms with E-state index < -0.39 is 0 Å². The van der Waals surface area contributed by atoms with Gasteiger partial charge in [0.1, 0.15) is 0 Å². The Bertz CT molecular complexity index is 128. The van der Waals surface area contributed by atoms with Crippen molar-refractivity contribution in [2.75, 3.05) is 26.3 Å². The van der Waals surface area contributed by atoms with Gasteiger partial charge in [-0.3, -0.25) is 4.90 Å². The van der Waals surface area contributed by atoms with E-state index >= 15 is 0 Å². The van der Waals surface area contributed by atoms with Crippen molar-refractivity contribution in [3.8, 4) is 0 Å². The molecule has 2 N–H and O–H groups in total. The van der Waals surface area contributed by atoms with Gasteiger partial charge in [0.2, 0.25) is 0 Å². The first kappa shape index (κ1) is 7.53. The van der Waals surface area contributed by atoms with Gasteiger partial charge in [-0.25, -0.2) is 0 Å². The van der Waals surface area contributed by atoms with Crippen LogP contribution in [0, 0.1) is 0 Å². The summed E-state index contributed by atoms with van der Waals surface area (Å²) >= 11 is 0. The van der Waals surface area contributed by atoms with Crippen molar-refractivity contribution in [2.24, 2.45) is 5.73 Å². The molecule has 0 unspecified atom stereocenters. The van der Waals surface area contributed by atoms with E-state index in [1.54, 1.807) is 0 Å². The minimum Gasteiger partial charge on any atom is -0.381 e. The van der Waals surface area contributed by atoms with Gasteiger partial charge in [0.05, 0.1) is 0 Å². The molecule has 64 valence electrons. The summed E-state index contributed by atoms with van der Waals surface area (Å²) in [6.07, 6.45) is 2.40. The lowest BCUT2D eigenvalue weighted by molar-refractivity contribution is 0.00298. The maximum absolute atomic E-state index is 5.70. The number of hydrogen-bond acceptors (Lipinski definition) is 3. The van der Waals surface area contributed by atoms with Crippen LogP contribution < -0.4 is 5.73 Å². The highest BCUT2D eigenvalue weighted by Crippen LogP contribution is 2.19. The summed E-state index contributed by atoms with van der Waals surface area (Å²) in [7, 11) is 0. The van der Waals surface area contributed by atoms with Gasteiger partial charge in [-0.2, -0.15) is 0 Å². The molecule has 0 aromatic heterocycles. The van der Waals surface area contributed by atoms with Crippen LogP contribution in [0.5, 0.6) is 0 Å². The highest BCUT2D eigenvalue weighted by Gasteiger charge is 2.30. The molecule has 11 heavy (non-hydrogen) atoms. The zero-order valence-electron chi connectivity index (χ0n) is 6.83. The van der Waals surface area contributed by atoms with Gasteiger partial charge in [0, 0.05) is 38.4 Å². The molecule has 0 atom stereocenters. The molecule has 2 aliphatic rings. The molecule has 2 rings (SSSR count). The highest BCUT2D eigenvalue weighted by atomic mass is 16.5. The lowest BCUT2D eigenvalue weighted by Crippen LogP contribution is -2.60. The van der Waals surface area contributed by atoms with Gasteiger partial charge in [0.25, 0.3) is 0 Å². The topological polar surface area (TPSA) is 38.5 Å². The minimum atomic E-state index is 0.442. The molecule has 0 aliphatic carbocycles. The first-order chi connectivity index (χ1) is 5.36. The molecule has 0 saturated carbocycles. The molecular formula is C8H16N2O. The third kappa shape index (κ3) is 1.55. The summed E-state index contributed by atoms with van der Waals surface area (Å²) in [5, 5.41) is 0. The van der Waals surface area contributed by atoms with Crippen molar-refractivity contribution < 1.29 is 4.74 Å². The van der Waals surface area contributed by atoms with Gasteiger partial charge in [-0.1, -0.05) is 0 Å². The Balaban J connectivity index is 1.76. The predicted octanol–water partition coefficient (Wildman–Crippen LogP) is -0.192. The molecule has 0 aromatic rings. The van der Waals surface area contributed by atoms with E-state index in [2.05, 4.69) is 4.90 Å². The lowest BCUT2D eigenvalue weighted by atomic mass is 10.0. The number of nitrogens with zero attached hydrogens (tertiary/aromatic N) is 1. The molecule has 0 radical (unpaired) electrons. The second kappa shape index (κ2) is 3.09. The molecule has 2 fully saturated rings. The van der Waals surface area contributed by atoms with Crippen molar-refractivity contribution in [1.29, 1.82) is 0 Å². The molecule has 3 heteroatoms. The van der Waals surface area contributed by atoms with Crippen LogP contribution in [-0.4, -0.2) is 43.3 Å². The van der Waals surface area contributed by atoms with Crippen LogP contribution in [0.3, 0.4) is 0 Å².